The average molecular weight is 300 g/mol. The van der Waals surface area contributed by atoms with E-state index in [9.17, 15) is 9.59 Å². The second-order valence-corrected chi connectivity index (χ2v) is 6.37. The van der Waals surface area contributed by atoms with Gasteiger partial charge in [0.1, 0.15) is 0 Å². The van der Waals surface area contributed by atoms with Crippen molar-refractivity contribution in [1.82, 2.24) is 4.90 Å². The Hall–Kier alpha value is -1.72. The highest BCUT2D eigenvalue weighted by Gasteiger charge is 2.36. The van der Waals surface area contributed by atoms with E-state index in [1.54, 1.807) is 0 Å². The van der Waals surface area contributed by atoms with Gasteiger partial charge in [0.15, 0.2) is 5.78 Å². The molecule has 5 nitrogen and oxygen atoms in total. The van der Waals surface area contributed by atoms with Gasteiger partial charge in [-0.3, -0.25) is 9.59 Å². The number of fused-ring (bicyclic) bond motifs is 1. The van der Waals surface area contributed by atoms with Crippen LogP contribution in [0.1, 0.15) is 29.6 Å². The summed E-state index contributed by atoms with van der Waals surface area (Å²) in [6.45, 7) is 3.88. The molecule has 22 heavy (non-hydrogen) atoms. The third kappa shape index (κ3) is 2.55. The number of anilines is 1. The summed E-state index contributed by atoms with van der Waals surface area (Å²) in [6.07, 6.45) is 2.35. The molecule has 2 fully saturated rings. The molecule has 0 radical (unpaired) electrons. The number of ether oxygens (including phenoxy) is 1. The number of likely N-dealkylation sites (tertiary alicyclic amines) is 1. The molecule has 0 bridgehead atoms. The molecule has 3 aliphatic rings. The van der Waals surface area contributed by atoms with E-state index in [4.69, 9.17) is 4.74 Å². The van der Waals surface area contributed by atoms with Crippen LogP contribution >= 0.6 is 0 Å². The highest BCUT2D eigenvalue weighted by molar-refractivity contribution is 6.19. The molecule has 1 aromatic rings. The number of epoxide rings is 1. The van der Waals surface area contributed by atoms with Crippen molar-refractivity contribution < 1.29 is 14.3 Å². The lowest BCUT2D eigenvalue weighted by atomic mass is 9.94. The summed E-state index contributed by atoms with van der Waals surface area (Å²) in [5.74, 6) is -0.104. The summed E-state index contributed by atoms with van der Waals surface area (Å²) in [5.41, 5.74) is 1.49. The van der Waals surface area contributed by atoms with Gasteiger partial charge in [0.2, 0.25) is 5.91 Å². The molecule has 0 saturated carbocycles. The average Bonchev–Trinajstić information content (AvgIpc) is 3.33. The highest BCUT2D eigenvalue weighted by Crippen LogP contribution is 2.32. The number of carbonyl (C=O) groups is 2. The van der Waals surface area contributed by atoms with Gasteiger partial charge in [-0.05, 0) is 25.0 Å². The fourth-order valence-corrected chi connectivity index (χ4v) is 3.59. The maximum atomic E-state index is 12.4. The van der Waals surface area contributed by atoms with Crippen LogP contribution in [0.25, 0.3) is 0 Å². The van der Waals surface area contributed by atoms with E-state index in [2.05, 4.69) is 4.90 Å². The van der Waals surface area contributed by atoms with Crippen LogP contribution in [-0.2, 0) is 9.53 Å². The van der Waals surface area contributed by atoms with Crippen LogP contribution in [-0.4, -0.2) is 55.0 Å². The zero-order valence-electron chi connectivity index (χ0n) is 12.5. The Balaban J connectivity index is 1.51. The number of amides is 1. The van der Waals surface area contributed by atoms with Crippen LogP contribution in [0, 0.1) is 0 Å². The first kappa shape index (κ1) is 13.9. The summed E-state index contributed by atoms with van der Waals surface area (Å²) >= 11 is 0. The van der Waals surface area contributed by atoms with E-state index in [0.29, 0.717) is 11.7 Å². The SMILES string of the molecule is O=C1CC(=O)N(C2CCN(CC3CO3)CC2)c2ccccc21. The van der Waals surface area contributed by atoms with Crippen molar-refractivity contribution in [3.05, 3.63) is 29.8 Å². The van der Waals surface area contributed by atoms with Crippen molar-refractivity contribution in [3.8, 4) is 0 Å². The Morgan fingerprint density at radius 2 is 1.86 bits per heavy atom. The standard InChI is InChI=1S/C17H20N2O3/c20-16-9-17(21)19(15-4-2-1-3-14(15)16)12-5-7-18(8-6-12)10-13-11-22-13/h1-4,12-13H,5-11H2. The van der Waals surface area contributed by atoms with Gasteiger partial charge in [0.25, 0.3) is 0 Å². The number of benzene rings is 1. The summed E-state index contributed by atoms with van der Waals surface area (Å²) in [5, 5.41) is 0. The monoisotopic (exact) mass is 300 g/mol. The number of para-hydroxylation sites is 1. The van der Waals surface area contributed by atoms with Crippen LogP contribution in [0.4, 0.5) is 5.69 Å². The van der Waals surface area contributed by atoms with Crippen molar-refractivity contribution in [1.29, 1.82) is 0 Å². The molecule has 3 aliphatic heterocycles. The lowest BCUT2D eigenvalue weighted by molar-refractivity contribution is -0.118. The molecule has 1 aromatic carbocycles. The van der Waals surface area contributed by atoms with Crippen molar-refractivity contribution in [2.24, 2.45) is 0 Å². The van der Waals surface area contributed by atoms with Gasteiger partial charge >= 0.3 is 0 Å². The lowest BCUT2D eigenvalue weighted by Crippen LogP contribution is -2.50. The van der Waals surface area contributed by atoms with Gasteiger partial charge in [-0.2, -0.15) is 0 Å². The molecule has 1 atom stereocenters. The van der Waals surface area contributed by atoms with E-state index in [-0.39, 0.29) is 24.2 Å². The molecule has 116 valence electrons. The molecule has 0 spiro atoms. The number of hydrogen-bond donors (Lipinski definition) is 0. The molecule has 0 N–H and O–H groups in total. The third-order valence-corrected chi connectivity index (χ3v) is 4.83. The zero-order valence-corrected chi connectivity index (χ0v) is 12.5. The second-order valence-electron chi connectivity index (χ2n) is 6.37. The minimum atomic E-state index is -0.0554. The maximum Gasteiger partial charge on any atom is 0.235 e. The number of nitrogens with zero attached hydrogens (tertiary/aromatic N) is 2. The van der Waals surface area contributed by atoms with E-state index >= 15 is 0 Å². The minimum absolute atomic E-state index is 0.00709. The molecule has 4 rings (SSSR count). The summed E-state index contributed by atoms with van der Waals surface area (Å²) < 4.78 is 5.29. The van der Waals surface area contributed by atoms with Crippen LogP contribution in [0.15, 0.2) is 24.3 Å². The second kappa shape index (κ2) is 5.48. The van der Waals surface area contributed by atoms with Gasteiger partial charge in [0.05, 0.1) is 24.8 Å². The Morgan fingerprint density at radius 1 is 1.14 bits per heavy atom. The predicted molar refractivity (Wildman–Crippen MR) is 82.1 cm³/mol. The van der Waals surface area contributed by atoms with Crippen LogP contribution in [0.3, 0.4) is 0 Å². The van der Waals surface area contributed by atoms with Crippen LogP contribution < -0.4 is 4.90 Å². The van der Waals surface area contributed by atoms with E-state index in [1.165, 1.54) is 0 Å². The van der Waals surface area contributed by atoms with Gasteiger partial charge in [0, 0.05) is 31.2 Å². The Bertz CT molecular complexity index is 604. The Morgan fingerprint density at radius 3 is 2.59 bits per heavy atom. The van der Waals surface area contributed by atoms with Gasteiger partial charge in [-0.25, -0.2) is 0 Å². The lowest BCUT2D eigenvalue weighted by Gasteiger charge is -2.40. The molecule has 1 amide bonds. The first-order chi connectivity index (χ1) is 10.7. The molecular weight excluding hydrogens is 280 g/mol. The molecule has 0 aliphatic carbocycles. The van der Waals surface area contributed by atoms with Crippen molar-refractivity contribution >= 4 is 17.4 Å². The van der Waals surface area contributed by atoms with E-state index in [0.717, 1.165) is 44.8 Å². The first-order valence-corrected chi connectivity index (χ1v) is 8.00. The van der Waals surface area contributed by atoms with E-state index in [1.807, 2.05) is 29.2 Å². The predicted octanol–water partition coefficient (Wildman–Crippen LogP) is 1.47. The Kier molecular flexibility index (Phi) is 3.47. The molecule has 5 heteroatoms. The smallest absolute Gasteiger partial charge is 0.235 e. The molecule has 2 saturated heterocycles. The molecule has 1 unspecified atom stereocenters. The Labute approximate surface area is 129 Å². The maximum absolute atomic E-state index is 12.4. The van der Waals surface area contributed by atoms with Gasteiger partial charge < -0.3 is 14.5 Å². The van der Waals surface area contributed by atoms with Crippen molar-refractivity contribution in [2.75, 3.05) is 31.1 Å². The van der Waals surface area contributed by atoms with Crippen LogP contribution in [0.5, 0.6) is 0 Å². The molecule has 0 aromatic heterocycles. The van der Waals surface area contributed by atoms with Gasteiger partial charge in [-0.15, -0.1) is 0 Å². The largest absolute Gasteiger partial charge is 0.372 e. The summed E-state index contributed by atoms with van der Waals surface area (Å²) in [6, 6.07) is 7.70. The third-order valence-electron chi connectivity index (χ3n) is 4.83. The molecular formula is C17H20N2O3. The van der Waals surface area contributed by atoms with Crippen molar-refractivity contribution in [2.45, 2.75) is 31.4 Å². The quantitative estimate of drug-likeness (QED) is 0.626. The normalized spacial score (nSPS) is 26.2. The summed E-state index contributed by atoms with van der Waals surface area (Å²) in [4.78, 5) is 28.7. The highest BCUT2D eigenvalue weighted by atomic mass is 16.6. The fourth-order valence-electron chi connectivity index (χ4n) is 3.59. The number of rotatable bonds is 3. The van der Waals surface area contributed by atoms with Gasteiger partial charge in [-0.1, -0.05) is 12.1 Å². The van der Waals surface area contributed by atoms with Crippen molar-refractivity contribution in [3.63, 3.8) is 0 Å². The topological polar surface area (TPSA) is 53.2 Å². The number of carbonyl (C=O) groups excluding carboxylic acids is 2. The molecule has 3 heterocycles. The fraction of sp³-hybridized carbons (Fsp3) is 0.529. The summed E-state index contributed by atoms with van der Waals surface area (Å²) in [7, 11) is 0. The zero-order chi connectivity index (χ0) is 15.1. The minimum Gasteiger partial charge on any atom is -0.372 e. The first-order valence-electron chi connectivity index (χ1n) is 8.00. The number of piperidine rings is 1. The van der Waals surface area contributed by atoms with E-state index < -0.39 is 0 Å². The number of Topliss-reactive ketones (excluding diaryl/α,β-unsaturated/α-hetero) is 1. The van der Waals surface area contributed by atoms with Crippen LogP contribution in [0.2, 0.25) is 0 Å². The number of ketones is 1. The number of hydrogen-bond acceptors (Lipinski definition) is 4.